The van der Waals surface area contributed by atoms with Crippen molar-refractivity contribution in [3.8, 4) is 0 Å². The number of hydrogen-bond acceptors (Lipinski definition) is 1. The number of nitrogens with one attached hydrogen (secondary N) is 1. The first kappa shape index (κ1) is 13.9. The van der Waals surface area contributed by atoms with E-state index < -0.39 is 0 Å². The molecule has 20 heavy (non-hydrogen) atoms. The molecule has 1 N–H and O–H groups in total. The molecule has 2 atom stereocenters. The van der Waals surface area contributed by atoms with Gasteiger partial charge < -0.3 is 5.32 Å². The van der Waals surface area contributed by atoms with Gasteiger partial charge in [0.25, 0.3) is 0 Å². The summed E-state index contributed by atoms with van der Waals surface area (Å²) >= 11 is 12.3. The zero-order chi connectivity index (χ0) is 14.1. The summed E-state index contributed by atoms with van der Waals surface area (Å²) in [5, 5.41) is 5.06. The quantitative estimate of drug-likeness (QED) is 0.839. The number of rotatable bonds is 4. The van der Waals surface area contributed by atoms with Crippen molar-refractivity contribution in [1.82, 2.24) is 5.32 Å². The summed E-state index contributed by atoms with van der Waals surface area (Å²) in [4.78, 5) is 0. The molecule has 0 aliphatic heterocycles. The molecule has 0 radical (unpaired) electrons. The minimum atomic E-state index is 0.203. The summed E-state index contributed by atoms with van der Waals surface area (Å²) in [5.74, 6) is 0.617. The van der Waals surface area contributed by atoms with Crippen LogP contribution in [0.2, 0.25) is 10.0 Å². The lowest BCUT2D eigenvalue weighted by Crippen LogP contribution is -2.30. The van der Waals surface area contributed by atoms with Crippen LogP contribution in [0.5, 0.6) is 0 Å². The highest BCUT2D eigenvalue weighted by Gasteiger charge is 2.25. The number of benzene rings is 2. The van der Waals surface area contributed by atoms with Crippen molar-refractivity contribution in [1.29, 1.82) is 0 Å². The van der Waals surface area contributed by atoms with Crippen molar-refractivity contribution in [2.75, 3.05) is 6.54 Å². The van der Waals surface area contributed by atoms with Gasteiger partial charge in [-0.15, -0.1) is 0 Å². The van der Waals surface area contributed by atoms with Gasteiger partial charge in [0, 0.05) is 28.5 Å². The van der Waals surface area contributed by atoms with Crippen LogP contribution in [0.4, 0.5) is 0 Å². The monoisotopic (exact) mass is 305 g/mol. The van der Waals surface area contributed by atoms with Gasteiger partial charge in [0.1, 0.15) is 0 Å². The Morgan fingerprint density at radius 1 is 1.20 bits per heavy atom. The van der Waals surface area contributed by atoms with Crippen molar-refractivity contribution >= 4 is 23.2 Å². The van der Waals surface area contributed by atoms with E-state index in [1.54, 1.807) is 0 Å². The highest BCUT2D eigenvalue weighted by Crippen LogP contribution is 2.35. The Hall–Kier alpha value is -1.02. The molecule has 0 fully saturated rings. The lowest BCUT2D eigenvalue weighted by atomic mass is 9.77. The van der Waals surface area contributed by atoms with Crippen molar-refractivity contribution in [3.63, 3.8) is 0 Å². The van der Waals surface area contributed by atoms with Gasteiger partial charge in [-0.3, -0.25) is 0 Å². The molecule has 3 rings (SSSR count). The van der Waals surface area contributed by atoms with Crippen LogP contribution < -0.4 is 5.32 Å². The van der Waals surface area contributed by atoms with E-state index in [-0.39, 0.29) is 6.04 Å². The highest BCUT2D eigenvalue weighted by molar-refractivity contribution is 6.33. The molecule has 1 aliphatic carbocycles. The molecular weight excluding hydrogens is 289 g/mol. The molecule has 0 amide bonds. The zero-order valence-electron chi connectivity index (χ0n) is 11.4. The SMILES string of the molecule is CC(NCC1Cc2ccccc21)c1cc(Cl)ccc1Cl. The van der Waals surface area contributed by atoms with Crippen LogP contribution >= 0.6 is 23.2 Å². The molecule has 0 saturated heterocycles. The maximum absolute atomic E-state index is 6.24. The van der Waals surface area contributed by atoms with Gasteiger partial charge in [-0.25, -0.2) is 0 Å². The van der Waals surface area contributed by atoms with Gasteiger partial charge in [-0.05, 0) is 48.2 Å². The molecule has 0 aromatic heterocycles. The third-order valence-electron chi connectivity index (χ3n) is 4.06. The Balaban J connectivity index is 1.63. The Labute approximate surface area is 129 Å². The molecule has 0 saturated carbocycles. The molecule has 2 unspecified atom stereocenters. The molecule has 0 spiro atoms. The van der Waals surface area contributed by atoms with E-state index in [9.17, 15) is 0 Å². The van der Waals surface area contributed by atoms with Crippen LogP contribution in [0.3, 0.4) is 0 Å². The summed E-state index contributed by atoms with van der Waals surface area (Å²) in [6, 6.07) is 14.5. The van der Waals surface area contributed by atoms with Crippen LogP contribution in [0.1, 0.15) is 35.6 Å². The maximum atomic E-state index is 6.24. The summed E-state index contributed by atoms with van der Waals surface area (Å²) in [6.07, 6.45) is 1.17. The molecule has 0 bridgehead atoms. The molecule has 0 heterocycles. The first-order chi connectivity index (χ1) is 9.65. The van der Waals surface area contributed by atoms with Crippen molar-refractivity contribution in [2.45, 2.75) is 25.3 Å². The maximum Gasteiger partial charge on any atom is 0.0454 e. The first-order valence-electron chi connectivity index (χ1n) is 6.91. The standard InChI is InChI=1S/C17H17Cl2N/c1-11(16-9-14(18)6-7-17(16)19)20-10-13-8-12-4-2-3-5-15(12)13/h2-7,9,11,13,20H,8,10H2,1H3. The van der Waals surface area contributed by atoms with E-state index in [0.29, 0.717) is 5.92 Å². The van der Waals surface area contributed by atoms with E-state index in [2.05, 4.69) is 36.5 Å². The number of halogens is 2. The minimum absolute atomic E-state index is 0.203. The van der Waals surface area contributed by atoms with E-state index in [1.165, 1.54) is 17.5 Å². The smallest absolute Gasteiger partial charge is 0.0454 e. The summed E-state index contributed by atoms with van der Waals surface area (Å²) in [6.45, 7) is 3.10. The Morgan fingerprint density at radius 2 is 2.00 bits per heavy atom. The third-order valence-corrected chi connectivity index (χ3v) is 4.64. The van der Waals surface area contributed by atoms with Crippen LogP contribution in [0.15, 0.2) is 42.5 Å². The average molecular weight is 306 g/mol. The van der Waals surface area contributed by atoms with Crippen LogP contribution in [-0.4, -0.2) is 6.54 Å². The van der Waals surface area contributed by atoms with Gasteiger partial charge in [0.2, 0.25) is 0 Å². The van der Waals surface area contributed by atoms with E-state index >= 15 is 0 Å². The normalized spacial score (nSPS) is 18.2. The Kier molecular flexibility index (Phi) is 4.02. The summed E-state index contributed by atoms with van der Waals surface area (Å²) < 4.78 is 0. The van der Waals surface area contributed by atoms with Gasteiger partial charge in [-0.2, -0.15) is 0 Å². The van der Waals surface area contributed by atoms with Crippen molar-refractivity contribution < 1.29 is 0 Å². The fourth-order valence-corrected chi connectivity index (χ4v) is 3.28. The lowest BCUT2D eigenvalue weighted by molar-refractivity contribution is 0.489. The van der Waals surface area contributed by atoms with Gasteiger partial charge in [0.15, 0.2) is 0 Å². The van der Waals surface area contributed by atoms with Crippen molar-refractivity contribution in [3.05, 3.63) is 69.2 Å². The van der Waals surface area contributed by atoms with Gasteiger partial charge in [-0.1, -0.05) is 47.5 Å². The largest absolute Gasteiger partial charge is 0.310 e. The van der Waals surface area contributed by atoms with Gasteiger partial charge in [0.05, 0.1) is 0 Å². The Morgan fingerprint density at radius 3 is 2.80 bits per heavy atom. The van der Waals surface area contributed by atoms with Crippen LogP contribution in [0.25, 0.3) is 0 Å². The topological polar surface area (TPSA) is 12.0 Å². The molecular formula is C17H17Cl2N. The van der Waals surface area contributed by atoms with Crippen molar-refractivity contribution in [2.24, 2.45) is 0 Å². The average Bonchev–Trinajstić information content (AvgIpc) is 2.42. The molecule has 1 aliphatic rings. The summed E-state index contributed by atoms with van der Waals surface area (Å²) in [7, 11) is 0. The van der Waals surface area contributed by atoms with Gasteiger partial charge >= 0.3 is 0 Å². The second-order valence-electron chi connectivity index (χ2n) is 5.40. The summed E-state index contributed by atoms with van der Waals surface area (Å²) in [5.41, 5.74) is 4.02. The van der Waals surface area contributed by atoms with E-state index in [1.807, 2.05) is 18.2 Å². The predicted octanol–water partition coefficient (Wildman–Crippen LogP) is 4.98. The molecule has 2 aromatic rings. The molecule has 104 valence electrons. The third kappa shape index (κ3) is 2.71. The first-order valence-corrected chi connectivity index (χ1v) is 7.67. The minimum Gasteiger partial charge on any atom is -0.310 e. The zero-order valence-corrected chi connectivity index (χ0v) is 12.9. The Bertz CT molecular complexity index is 624. The fourth-order valence-electron chi connectivity index (χ4n) is 2.82. The molecule has 3 heteroatoms. The second-order valence-corrected chi connectivity index (χ2v) is 6.24. The highest BCUT2D eigenvalue weighted by atomic mass is 35.5. The second kappa shape index (κ2) is 5.77. The predicted molar refractivity (Wildman–Crippen MR) is 85.8 cm³/mol. The van der Waals surface area contributed by atoms with E-state index in [0.717, 1.165) is 22.2 Å². The number of hydrogen-bond donors (Lipinski definition) is 1. The van der Waals surface area contributed by atoms with Crippen LogP contribution in [-0.2, 0) is 6.42 Å². The number of fused-ring (bicyclic) bond motifs is 1. The van der Waals surface area contributed by atoms with E-state index in [4.69, 9.17) is 23.2 Å². The molecule has 1 nitrogen and oxygen atoms in total. The fraction of sp³-hybridized carbons (Fsp3) is 0.294. The lowest BCUT2D eigenvalue weighted by Gasteiger charge is -2.31. The van der Waals surface area contributed by atoms with Crippen LogP contribution in [0, 0.1) is 0 Å². The molecule has 2 aromatic carbocycles.